The minimum Gasteiger partial charge on any atom is -0.355 e. The fraction of sp³-hybridized carbons (Fsp3) is 0.400. The van der Waals surface area contributed by atoms with Crippen LogP contribution in [-0.4, -0.2) is 30.1 Å². The molecule has 0 aliphatic carbocycles. The average molecular weight is 327 g/mol. The molecule has 0 amide bonds. The summed E-state index contributed by atoms with van der Waals surface area (Å²) in [6.07, 6.45) is 0. The third kappa shape index (κ3) is 3.82. The summed E-state index contributed by atoms with van der Waals surface area (Å²) in [5, 5.41) is 0. The molecule has 2 rings (SSSR count). The lowest BCUT2D eigenvalue weighted by atomic mass is 10.0. The molecule has 0 bridgehead atoms. The quantitative estimate of drug-likeness (QED) is 0.800. The highest BCUT2D eigenvalue weighted by atomic mass is 16.1. The molecule has 0 saturated carbocycles. The smallest absolute Gasteiger partial charge is 0.233 e. The standard InChI is InChI=1S/C20H26N2O2/c1-12-7-8-17(13(2)9-12)10-22(6)11-18(24)20-14(3)19(16(5)23)15(4)21-20/h7-9,21H,10-11H2,1-6H3/p+1. The van der Waals surface area contributed by atoms with Crippen LogP contribution in [0.2, 0.25) is 0 Å². The Morgan fingerprint density at radius 3 is 2.33 bits per heavy atom. The summed E-state index contributed by atoms with van der Waals surface area (Å²) in [5.41, 5.74) is 6.52. The number of nitrogens with one attached hydrogen (secondary N) is 2. The van der Waals surface area contributed by atoms with Gasteiger partial charge in [0.2, 0.25) is 5.78 Å². The molecular weight excluding hydrogens is 300 g/mol. The molecule has 1 heterocycles. The Morgan fingerprint density at radius 2 is 1.79 bits per heavy atom. The Labute approximate surface area is 143 Å². The lowest BCUT2D eigenvalue weighted by Gasteiger charge is -2.15. The Kier molecular flexibility index (Phi) is 5.40. The Bertz CT molecular complexity index is 787. The molecule has 4 heteroatoms. The Morgan fingerprint density at radius 1 is 1.12 bits per heavy atom. The first-order valence-electron chi connectivity index (χ1n) is 8.31. The number of aromatic amines is 1. The lowest BCUT2D eigenvalue weighted by Crippen LogP contribution is -3.08. The average Bonchev–Trinajstić information content (AvgIpc) is 2.77. The number of carbonyl (C=O) groups is 2. The van der Waals surface area contributed by atoms with Gasteiger partial charge in [-0.2, -0.15) is 0 Å². The van der Waals surface area contributed by atoms with Crippen molar-refractivity contribution >= 4 is 11.6 Å². The van der Waals surface area contributed by atoms with Gasteiger partial charge >= 0.3 is 0 Å². The fourth-order valence-corrected chi connectivity index (χ4v) is 3.35. The molecular formula is C20H27N2O2+. The Balaban J connectivity index is 2.12. The number of carbonyl (C=O) groups excluding carboxylic acids is 2. The van der Waals surface area contributed by atoms with Gasteiger partial charge < -0.3 is 9.88 Å². The van der Waals surface area contributed by atoms with Crippen molar-refractivity contribution in [3.05, 3.63) is 57.4 Å². The molecule has 0 aliphatic rings. The zero-order valence-electron chi connectivity index (χ0n) is 15.5. The monoisotopic (exact) mass is 327 g/mol. The molecule has 24 heavy (non-hydrogen) atoms. The zero-order chi connectivity index (χ0) is 18.0. The van der Waals surface area contributed by atoms with Crippen molar-refractivity contribution in [2.24, 2.45) is 0 Å². The van der Waals surface area contributed by atoms with E-state index in [0.717, 1.165) is 22.7 Å². The second-order valence-corrected chi connectivity index (χ2v) is 6.84. The van der Waals surface area contributed by atoms with Crippen LogP contribution in [0, 0.1) is 27.7 Å². The van der Waals surface area contributed by atoms with E-state index in [1.807, 2.05) is 20.9 Å². The van der Waals surface area contributed by atoms with Crippen molar-refractivity contribution < 1.29 is 14.5 Å². The molecule has 0 radical (unpaired) electrons. The highest BCUT2D eigenvalue weighted by Crippen LogP contribution is 2.18. The topological polar surface area (TPSA) is 54.4 Å². The predicted octanol–water partition coefficient (Wildman–Crippen LogP) is 2.35. The SMILES string of the molecule is CC(=O)c1c(C)[nH]c(C(=O)C[NH+](C)Cc2ccc(C)cc2C)c1C. The molecule has 128 valence electrons. The number of H-pyrrole nitrogens is 1. The van der Waals surface area contributed by atoms with Crippen LogP contribution >= 0.6 is 0 Å². The van der Waals surface area contributed by atoms with Crippen molar-refractivity contribution in [2.75, 3.05) is 13.6 Å². The van der Waals surface area contributed by atoms with Crippen molar-refractivity contribution in [1.82, 2.24) is 4.98 Å². The molecule has 2 aromatic rings. The van der Waals surface area contributed by atoms with E-state index >= 15 is 0 Å². The van der Waals surface area contributed by atoms with Gasteiger partial charge in [-0.1, -0.05) is 23.8 Å². The summed E-state index contributed by atoms with van der Waals surface area (Å²) < 4.78 is 0. The zero-order valence-corrected chi connectivity index (χ0v) is 15.5. The van der Waals surface area contributed by atoms with E-state index in [9.17, 15) is 9.59 Å². The summed E-state index contributed by atoms with van der Waals surface area (Å²) in [7, 11) is 2.02. The maximum Gasteiger partial charge on any atom is 0.233 e. The normalized spacial score (nSPS) is 12.2. The number of aryl methyl sites for hydroxylation is 3. The van der Waals surface area contributed by atoms with Gasteiger partial charge in [0, 0.05) is 16.8 Å². The number of hydrogen-bond acceptors (Lipinski definition) is 2. The van der Waals surface area contributed by atoms with Crippen LogP contribution in [-0.2, 0) is 6.54 Å². The maximum absolute atomic E-state index is 12.6. The third-order valence-electron chi connectivity index (χ3n) is 4.52. The van der Waals surface area contributed by atoms with Gasteiger partial charge in [0.25, 0.3) is 0 Å². The summed E-state index contributed by atoms with van der Waals surface area (Å²) >= 11 is 0. The number of quaternary nitrogens is 1. The molecule has 1 aromatic heterocycles. The number of aromatic nitrogens is 1. The number of rotatable bonds is 6. The van der Waals surface area contributed by atoms with Crippen LogP contribution < -0.4 is 4.90 Å². The first-order chi connectivity index (χ1) is 11.2. The molecule has 1 atom stereocenters. The minimum atomic E-state index is -0.00344. The van der Waals surface area contributed by atoms with Gasteiger partial charge in [0.05, 0.1) is 12.7 Å². The number of Topliss-reactive ketones (excluding diaryl/α,β-unsaturated/α-hetero) is 2. The second-order valence-electron chi connectivity index (χ2n) is 6.84. The van der Waals surface area contributed by atoms with Crippen LogP contribution in [0.15, 0.2) is 18.2 Å². The van der Waals surface area contributed by atoms with Gasteiger partial charge in [-0.15, -0.1) is 0 Å². The van der Waals surface area contributed by atoms with E-state index in [1.165, 1.54) is 23.6 Å². The first-order valence-corrected chi connectivity index (χ1v) is 8.31. The van der Waals surface area contributed by atoms with E-state index < -0.39 is 0 Å². The van der Waals surface area contributed by atoms with Crippen LogP contribution in [0.3, 0.4) is 0 Å². The van der Waals surface area contributed by atoms with Crippen molar-refractivity contribution in [3.63, 3.8) is 0 Å². The van der Waals surface area contributed by atoms with E-state index in [2.05, 4.69) is 37.0 Å². The van der Waals surface area contributed by atoms with Crippen LogP contribution in [0.5, 0.6) is 0 Å². The lowest BCUT2D eigenvalue weighted by molar-refractivity contribution is -0.884. The van der Waals surface area contributed by atoms with Crippen LogP contribution in [0.25, 0.3) is 0 Å². The minimum absolute atomic E-state index is 0.00344. The molecule has 2 N–H and O–H groups in total. The number of hydrogen-bond donors (Lipinski definition) is 2. The first kappa shape index (κ1) is 18.1. The highest BCUT2D eigenvalue weighted by Gasteiger charge is 2.22. The summed E-state index contributed by atoms with van der Waals surface area (Å²) in [6, 6.07) is 6.41. The van der Waals surface area contributed by atoms with Gasteiger partial charge in [-0.25, -0.2) is 0 Å². The van der Waals surface area contributed by atoms with E-state index in [-0.39, 0.29) is 11.6 Å². The molecule has 1 unspecified atom stereocenters. The van der Waals surface area contributed by atoms with Crippen LogP contribution in [0.4, 0.5) is 0 Å². The van der Waals surface area contributed by atoms with Gasteiger partial charge in [-0.3, -0.25) is 9.59 Å². The Hall–Kier alpha value is -2.20. The summed E-state index contributed by atoms with van der Waals surface area (Å²) in [4.78, 5) is 28.6. The fourth-order valence-electron chi connectivity index (χ4n) is 3.35. The number of likely N-dealkylation sites (N-methyl/N-ethyl adjacent to an activating group) is 1. The number of benzene rings is 1. The van der Waals surface area contributed by atoms with E-state index in [4.69, 9.17) is 0 Å². The van der Waals surface area contributed by atoms with Crippen molar-refractivity contribution in [1.29, 1.82) is 0 Å². The van der Waals surface area contributed by atoms with Gasteiger partial charge in [-0.05, 0) is 45.7 Å². The van der Waals surface area contributed by atoms with Crippen molar-refractivity contribution in [3.8, 4) is 0 Å². The van der Waals surface area contributed by atoms with Gasteiger partial charge in [0.15, 0.2) is 5.78 Å². The largest absolute Gasteiger partial charge is 0.355 e. The second kappa shape index (κ2) is 7.14. The highest BCUT2D eigenvalue weighted by molar-refractivity contribution is 6.03. The third-order valence-corrected chi connectivity index (χ3v) is 4.52. The molecule has 1 aromatic carbocycles. The molecule has 0 fully saturated rings. The van der Waals surface area contributed by atoms with E-state index in [0.29, 0.717) is 17.8 Å². The van der Waals surface area contributed by atoms with Gasteiger partial charge in [0.1, 0.15) is 13.1 Å². The molecule has 0 saturated heterocycles. The summed E-state index contributed by atoms with van der Waals surface area (Å²) in [6.45, 7) is 10.6. The van der Waals surface area contributed by atoms with Crippen LogP contribution in [0.1, 0.15) is 55.7 Å². The predicted molar refractivity (Wildman–Crippen MR) is 96.0 cm³/mol. The maximum atomic E-state index is 12.6. The summed E-state index contributed by atoms with van der Waals surface area (Å²) in [5.74, 6) is 0.0432. The number of ketones is 2. The van der Waals surface area contributed by atoms with Crippen molar-refractivity contribution in [2.45, 2.75) is 41.2 Å². The molecule has 0 spiro atoms. The molecule has 4 nitrogen and oxygen atoms in total. The molecule has 0 aliphatic heterocycles. The van der Waals surface area contributed by atoms with E-state index in [1.54, 1.807) is 0 Å².